The van der Waals surface area contributed by atoms with Crippen LogP contribution < -0.4 is 5.73 Å². The monoisotopic (exact) mass is 189 g/mol. The smallest absolute Gasteiger partial charge is 0.00886 e. The summed E-state index contributed by atoms with van der Waals surface area (Å²) >= 11 is 3.53. The van der Waals surface area contributed by atoms with Gasteiger partial charge in [0, 0.05) is 5.33 Å². The molecule has 9 heavy (non-hydrogen) atoms. The molecule has 1 nitrogen and oxygen atoms in total. The molecule has 0 atom stereocenters. The zero-order valence-electron chi connectivity index (χ0n) is 5.49. The third-order valence-electron chi connectivity index (χ3n) is 2.97. The molecule has 0 aromatic rings. The summed E-state index contributed by atoms with van der Waals surface area (Å²) in [4.78, 5) is 0. The highest BCUT2D eigenvalue weighted by atomic mass is 79.9. The Morgan fingerprint density at radius 1 is 1.22 bits per heavy atom. The molecule has 3 saturated carbocycles. The van der Waals surface area contributed by atoms with E-state index >= 15 is 0 Å². The standard InChI is InChI=1S/C7H12BrN/c8-4-6-1-7(2-6,3-6)5-9/h1-5,9H2. The van der Waals surface area contributed by atoms with E-state index < -0.39 is 0 Å². The molecule has 3 aliphatic carbocycles. The molecule has 0 heterocycles. The zero-order valence-corrected chi connectivity index (χ0v) is 7.08. The van der Waals surface area contributed by atoms with Gasteiger partial charge in [0.25, 0.3) is 0 Å². The Balaban J connectivity index is 1.96. The van der Waals surface area contributed by atoms with E-state index in [2.05, 4.69) is 15.9 Å². The van der Waals surface area contributed by atoms with E-state index in [9.17, 15) is 0 Å². The number of halogens is 1. The van der Waals surface area contributed by atoms with Gasteiger partial charge in [-0.2, -0.15) is 0 Å². The van der Waals surface area contributed by atoms with Crippen molar-refractivity contribution in [2.45, 2.75) is 19.3 Å². The Morgan fingerprint density at radius 2 is 1.78 bits per heavy atom. The van der Waals surface area contributed by atoms with Crippen LogP contribution in [0.25, 0.3) is 0 Å². The number of nitrogens with two attached hydrogens (primary N) is 1. The Bertz CT molecular complexity index is 110. The minimum Gasteiger partial charge on any atom is -0.330 e. The van der Waals surface area contributed by atoms with Gasteiger partial charge < -0.3 is 5.73 Å². The molecule has 0 radical (unpaired) electrons. The van der Waals surface area contributed by atoms with Gasteiger partial charge in [-0.15, -0.1) is 0 Å². The largest absolute Gasteiger partial charge is 0.330 e. The summed E-state index contributed by atoms with van der Waals surface area (Å²) in [5.41, 5.74) is 6.93. The van der Waals surface area contributed by atoms with Crippen LogP contribution in [0.4, 0.5) is 0 Å². The highest BCUT2D eigenvalue weighted by Gasteiger charge is 2.65. The van der Waals surface area contributed by atoms with Crippen LogP contribution in [-0.4, -0.2) is 11.9 Å². The molecule has 0 aliphatic heterocycles. The summed E-state index contributed by atoms with van der Waals surface area (Å²) in [7, 11) is 0. The molecule has 0 spiro atoms. The second-order valence-corrected chi connectivity index (χ2v) is 4.43. The van der Waals surface area contributed by atoms with Crippen LogP contribution in [0.15, 0.2) is 0 Å². The lowest BCUT2D eigenvalue weighted by Crippen LogP contribution is -2.65. The van der Waals surface area contributed by atoms with Crippen molar-refractivity contribution in [1.29, 1.82) is 0 Å². The van der Waals surface area contributed by atoms with Gasteiger partial charge in [-0.3, -0.25) is 0 Å². The van der Waals surface area contributed by atoms with Crippen LogP contribution in [0, 0.1) is 10.8 Å². The SMILES string of the molecule is NCC12CC(CBr)(C1)C2. The first-order valence-corrected chi connectivity index (χ1v) is 4.63. The van der Waals surface area contributed by atoms with Gasteiger partial charge in [-0.1, -0.05) is 15.9 Å². The van der Waals surface area contributed by atoms with Gasteiger partial charge >= 0.3 is 0 Å². The molecule has 2 bridgehead atoms. The first-order chi connectivity index (χ1) is 4.24. The summed E-state index contributed by atoms with van der Waals surface area (Å²) in [6.45, 7) is 0.918. The van der Waals surface area contributed by atoms with Crippen molar-refractivity contribution in [3.63, 3.8) is 0 Å². The van der Waals surface area contributed by atoms with E-state index in [1.165, 1.54) is 24.6 Å². The number of alkyl halides is 1. The van der Waals surface area contributed by atoms with Crippen molar-refractivity contribution in [2.75, 3.05) is 11.9 Å². The van der Waals surface area contributed by atoms with Gasteiger partial charge in [0.15, 0.2) is 0 Å². The van der Waals surface area contributed by atoms with Crippen molar-refractivity contribution in [2.24, 2.45) is 16.6 Å². The average Bonchev–Trinajstić information content (AvgIpc) is 1.62. The third kappa shape index (κ3) is 0.586. The van der Waals surface area contributed by atoms with Crippen LogP contribution in [0.1, 0.15) is 19.3 Å². The van der Waals surface area contributed by atoms with Crippen molar-refractivity contribution in [1.82, 2.24) is 0 Å². The highest BCUT2D eigenvalue weighted by molar-refractivity contribution is 9.09. The number of hydrogen-bond acceptors (Lipinski definition) is 1. The summed E-state index contributed by atoms with van der Waals surface area (Å²) in [6.07, 6.45) is 4.17. The summed E-state index contributed by atoms with van der Waals surface area (Å²) in [5, 5.41) is 1.20. The molecule has 3 fully saturated rings. The maximum atomic E-state index is 5.60. The molecular formula is C7H12BrN. The van der Waals surface area contributed by atoms with Crippen LogP contribution in [0.2, 0.25) is 0 Å². The van der Waals surface area contributed by atoms with E-state index in [1.807, 2.05) is 0 Å². The molecule has 3 aliphatic rings. The predicted octanol–water partition coefficient (Wildman–Crippen LogP) is 1.51. The second-order valence-electron chi connectivity index (χ2n) is 3.87. The lowest BCUT2D eigenvalue weighted by molar-refractivity contribution is -0.178. The van der Waals surface area contributed by atoms with Crippen LogP contribution in [0.3, 0.4) is 0 Å². The Morgan fingerprint density at radius 3 is 2.11 bits per heavy atom. The average molecular weight is 190 g/mol. The summed E-state index contributed by atoms with van der Waals surface area (Å²) in [5.74, 6) is 0. The van der Waals surface area contributed by atoms with E-state index in [1.54, 1.807) is 0 Å². The molecule has 0 amide bonds. The van der Waals surface area contributed by atoms with E-state index in [4.69, 9.17) is 5.73 Å². The topological polar surface area (TPSA) is 26.0 Å². The Labute approximate surface area is 64.1 Å². The van der Waals surface area contributed by atoms with Crippen LogP contribution in [-0.2, 0) is 0 Å². The van der Waals surface area contributed by atoms with Gasteiger partial charge in [-0.25, -0.2) is 0 Å². The van der Waals surface area contributed by atoms with Gasteiger partial charge in [0.05, 0.1) is 0 Å². The number of hydrogen-bond donors (Lipinski definition) is 1. The van der Waals surface area contributed by atoms with Crippen molar-refractivity contribution in [3.05, 3.63) is 0 Å². The molecule has 2 N–H and O–H groups in total. The molecule has 0 aromatic carbocycles. The molecule has 0 unspecified atom stereocenters. The summed E-state index contributed by atoms with van der Waals surface area (Å²) in [6, 6.07) is 0. The van der Waals surface area contributed by atoms with E-state index in [0.29, 0.717) is 10.8 Å². The van der Waals surface area contributed by atoms with Crippen molar-refractivity contribution >= 4 is 15.9 Å². The Hall–Kier alpha value is 0.440. The second kappa shape index (κ2) is 1.54. The van der Waals surface area contributed by atoms with Gasteiger partial charge in [-0.05, 0) is 36.6 Å². The van der Waals surface area contributed by atoms with Gasteiger partial charge in [0.1, 0.15) is 0 Å². The van der Waals surface area contributed by atoms with Gasteiger partial charge in [0.2, 0.25) is 0 Å². The molecular weight excluding hydrogens is 178 g/mol. The van der Waals surface area contributed by atoms with Crippen LogP contribution >= 0.6 is 15.9 Å². The molecule has 2 heteroatoms. The quantitative estimate of drug-likeness (QED) is 0.656. The first kappa shape index (κ1) is 6.17. The zero-order chi connectivity index (χ0) is 6.54. The Kier molecular flexibility index (Phi) is 1.05. The normalized spacial score (nSPS) is 54.0. The minimum atomic E-state index is 0.619. The molecule has 0 saturated heterocycles. The fraction of sp³-hybridized carbons (Fsp3) is 1.00. The van der Waals surface area contributed by atoms with Crippen LogP contribution in [0.5, 0.6) is 0 Å². The maximum Gasteiger partial charge on any atom is 0.00886 e. The first-order valence-electron chi connectivity index (χ1n) is 3.50. The highest BCUT2D eigenvalue weighted by Crippen LogP contribution is 2.73. The van der Waals surface area contributed by atoms with E-state index in [-0.39, 0.29) is 0 Å². The van der Waals surface area contributed by atoms with Crippen molar-refractivity contribution in [3.8, 4) is 0 Å². The molecule has 52 valence electrons. The third-order valence-corrected chi connectivity index (χ3v) is 4.16. The van der Waals surface area contributed by atoms with E-state index in [0.717, 1.165) is 6.54 Å². The van der Waals surface area contributed by atoms with Crippen molar-refractivity contribution < 1.29 is 0 Å². The molecule has 3 rings (SSSR count). The number of rotatable bonds is 2. The lowest BCUT2D eigenvalue weighted by atomic mass is 9.36. The summed E-state index contributed by atoms with van der Waals surface area (Å²) < 4.78 is 0. The predicted molar refractivity (Wildman–Crippen MR) is 41.6 cm³/mol. The molecule has 0 aromatic heterocycles. The fourth-order valence-electron chi connectivity index (χ4n) is 2.59. The fourth-order valence-corrected chi connectivity index (χ4v) is 3.18. The minimum absolute atomic E-state index is 0.619. The maximum absolute atomic E-state index is 5.60. The lowest BCUT2D eigenvalue weighted by Gasteiger charge is -2.70.